The lowest BCUT2D eigenvalue weighted by Gasteiger charge is -2.19. The molecule has 1 aliphatic heterocycles. The Labute approximate surface area is 192 Å². The van der Waals surface area contributed by atoms with Gasteiger partial charge in [-0.05, 0) is 57.4 Å². The maximum absolute atomic E-state index is 12.8. The van der Waals surface area contributed by atoms with Gasteiger partial charge in [0.2, 0.25) is 11.8 Å². The normalized spacial score (nSPS) is 13.8. The van der Waals surface area contributed by atoms with Crippen LogP contribution in [0.15, 0.2) is 54.7 Å². The Morgan fingerprint density at radius 2 is 1.88 bits per heavy atom. The molecule has 0 fully saturated rings. The van der Waals surface area contributed by atoms with Gasteiger partial charge in [0.15, 0.2) is 0 Å². The minimum absolute atomic E-state index is 0.122. The number of fused-ring (bicyclic) bond motifs is 1. The molecule has 4 rings (SSSR count). The SMILES string of the molecule is Cc1ccc(NC(=O)CSC(C)C(=O)Nc2ccccc2-c2ncc3n2CCCC3)cc1. The number of hydrogen-bond donors (Lipinski definition) is 2. The van der Waals surface area contributed by atoms with Gasteiger partial charge < -0.3 is 15.2 Å². The summed E-state index contributed by atoms with van der Waals surface area (Å²) < 4.78 is 2.25. The van der Waals surface area contributed by atoms with Crippen molar-refractivity contribution >= 4 is 35.0 Å². The molecule has 0 bridgehead atoms. The number of carbonyl (C=O) groups is 2. The Balaban J connectivity index is 1.37. The van der Waals surface area contributed by atoms with Crippen LogP contribution in [0.2, 0.25) is 0 Å². The van der Waals surface area contributed by atoms with Gasteiger partial charge in [-0.25, -0.2) is 4.98 Å². The van der Waals surface area contributed by atoms with Crippen molar-refractivity contribution in [3.8, 4) is 11.4 Å². The predicted octanol–water partition coefficient (Wildman–Crippen LogP) is 4.89. The van der Waals surface area contributed by atoms with Crippen LogP contribution < -0.4 is 10.6 Å². The number of aryl methyl sites for hydroxylation is 2. The van der Waals surface area contributed by atoms with E-state index in [1.54, 1.807) is 0 Å². The van der Waals surface area contributed by atoms with E-state index >= 15 is 0 Å². The zero-order chi connectivity index (χ0) is 22.5. The van der Waals surface area contributed by atoms with E-state index in [1.807, 2.05) is 68.6 Å². The molecule has 0 saturated carbocycles. The van der Waals surface area contributed by atoms with Crippen molar-refractivity contribution in [3.05, 3.63) is 66.0 Å². The molecule has 1 aromatic heterocycles. The second-order valence-electron chi connectivity index (χ2n) is 8.08. The number of hydrogen-bond acceptors (Lipinski definition) is 4. The maximum atomic E-state index is 12.8. The molecule has 6 nitrogen and oxygen atoms in total. The number of imidazole rings is 1. The summed E-state index contributed by atoms with van der Waals surface area (Å²) >= 11 is 1.32. The zero-order valence-electron chi connectivity index (χ0n) is 18.4. The summed E-state index contributed by atoms with van der Waals surface area (Å²) in [5.74, 6) is 0.852. The van der Waals surface area contributed by atoms with Gasteiger partial charge in [-0.3, -0.25) is 9.59 Å². The number of anilines is 2. The van der Waals surface area contributed by atoms with Crippen LogP contribution >= 0.6 is 11.8 Å². The number of aromatic nitrogens is 2. The molecule has 166 valence electrons. The quantitative estimate of drug-likeness (QED) is 0.539. The number of benzene rings is 2. The highest BCUT2D eigenvalue weighted by molar-refractivity contribution is 8.01. The minimum Gasteiger partial charge on any atom is -0.328 e. The summed E-state index contributed by atoms with van der Waals surface area (Å²) in [6.45, 7) is 4.77. The van der Waals surface area contributed by atoms with Crippen molar-refractivity contribution in [2.75, 3.05) is 16.4 Å². The lowest BCUT2D eigenvalue weighted by Crippen LogP contribution is -2.25. The van der Waals surface area contributed by atoms with Crippen molar-refractivity contribution in [2.24, 2.45) is 0 Å². The summed E-state index contributed by atoms with van der Waals surface area (Å²) in [7, 11) is 0. The zero-order valence-corrected chi connectivity index (χ0v) is 19.2. The van der Waals surface area contributed by atoms with E-state index in [-0.39, 0.29) is 22.8 Å². The van der Waals surface area contributed by atoms with Gasteiger partial charge >= 0.3 is 0 Å². The molecule has 0 aliphatic carbocycles. The van der Waals surface area contributed by atoms with Gasteiger partial charge in [-0.2, -0.15) is 0 Å². The van der Waals surface area contributed by atoms with Gasteiger partial charge in [0.1, 0.15) is 5.82 Å². The fourth-order valence-corrected chi connectivity index (χ4v) is 4.47. The molecule has 0 spiro atoms. The van der Waals surface area contributed by atoms with E-state index in [0.717, 1.165) is 47.7 Å². The van der Waals surface area contributed by atoms with Crippen LogP contribution in [0.3, 0.4) is 0 Å². The molecule has 1 aliphatic rings. The van der Waals surface area contributed by atoms with Gasteiger partial charge in [-0.15, -0.1) is 11.8 Å². The molecule has 1 atom stereocenters. The number of amides is 2. The highest BCUT2D eigenvalue weighted by Crippen LogP contribution is 2.30. The summed E-state index contributed by atoms with van der Waals surface area (Å²) in [6.07, 6.45) is 5.32. The first-order valence-electron chi connectivity index (χ1n) is 10.9. The van der Waals surface area contributed by atoms with E-state index < -0.39 is 0 Å². The molecule has 1 unspecified atom stereocenters. The number of para-hydroxylation sites is 1. The number of rotatable bonds is 7. The molecule has 2 amide bonds. The molecular formula is C25H28N4O2S. The number of nitrogens with one attached hydrogen (secondary N) is 2. The van der Waals surface area contributed by atoms with Crippen molar-refractivity contribution in [1.82, 2.24) is 9.55 Å². The van der Waals surface area contributed by atoms with Gasteiger partial charge in [0.05, 0.1) is 16.7 Å². The molecule has 0 radical (unpaired) electrons. The monoisotopic (exact) mass is 448 g/mol. The smallest absolute Gasteiger partial charge is 0.237 e. The second kappa shape index (κ2) is 10.0. The number of nitrogens with zero attached hydrogens (tertiary/aromatic N) is 2. The highest BCUT2D eigenvalue weighted by Gasteiger charge is 2.20. The molecule has 2 N–H and O–H groups in total. The van der Waals surface area contributed by atoms with E-state index in [2.05, 4.69) is 20.2 Å². The maximum Gasteiger partial charge on any atom is 0.237 e. The lowest BCUT2D eigenvalue weighted by molar-refractivity contribution is -0.115. The third-order valence-corrected chi connectivity index (χ3v) is 6.74. The Morgan fingerprint density at radius 3 is 2.69 bits per heavy atom. The summed E-state index contributed by atoms with van der Waals surface area (Å²) in [4.78, 5) is 29.7. The average molecular weight is 449 g/mol. The molecule has 2 aromatic carbocycles. The van der Waals surface area contributed by atoms with Gasteiger partial charge in [0, 0.05) is 29.7 Å². The topological polar surface area (TPSA) is 76.0 Å². The minimum atomic E-state index is -0.374. The molecular weight excluding hydrogens is 420 g/mol. The second-order valence-corrected chi connectivity index (χ2v) is 9.41. The fraction of sp³-hybridized carbons (Fsp3) is 0.320. The van der Waals surface area contributed by atoms with Crippen LogP contribution in [-0.4, -0.2) is 32.4 Å². The Kier molecular flexibility index (Phi) is 6.95. The van der Waals surface area contributed by atoms with Crippen molar-refractivity contribution in [1.29, 1.82) is 0 Å². The van der Waals surface area contributed by atoms with Gasteiger partial charge in [0.25, 0.3) is 0 Å². The van der Waals surface area contributed by atoms with Crippen LogP contribution in [0, 0.1) is 6.92 Å². The molecule has 0 saturated heterocycles. The predicted molar refractivity (Wildman–Crippen MR) is 131 cm³/mol. The molecule has 3 aromatic rings. The summed E-state index contributed by atoms with van der Waals surface area (Å²) in [6, 6.07) is 15.4. The molecule has 32 heavy (non-hydrogen) atoms. The third-order valence-electron chi connectivity index (χ3n) is 5.60. The number of carbonyl (C=O) groups excluding carboxylic acids is 2. The van der Waals surface area contributed by atoms with E-state index in [1.165, 1.54) is 23.9 Å². The van der Waals surface area contributed by atoms with Crippen molar-refractivity contribution < 1.29 is 9.59 Å². The van der Waals surface area contributed by atoms with E-state index in [0.29, 0.717) is 0 Å². The first-order valence-corrected chi connectivity index (χ1v) is 12.0. The standard InChI is InChI=1S/C25H28N4O2S/c1-17-10-12-19(13-11-17)27-23(30)16-32-18(2)25(31)28-22-9-4-3-8-21(22)24-26-15-20-7-5-6-14-29(20)24/h3-4,8-13,15,18H,5-7,14,16H2,1-2H3,(H,27,30)(H,28,31). The average Bonchev–Trinajstić information content (AvgIpc) is 3.23. The van der Waals surface area contributed by atoms with Crippen LogP contribution in [0.25, 0.3) is 11.4 Å². The van der Waals surface area contributed by atoms with Crippen LogP contribution in [0.4, 0.5) is 11.4 Å². The van der Waals surface area contributed by atoms with E-state index in [9.17, 15) is 9.59 Å². The Morgan fingerprint density at radius 1 is 1.09 bits per heavy atom. The first-order chi connectivity index (χ1) is 15.5. The summed E-state index contributed by atoms with van der Waals surface area (Å²) in [5, 5.41) is 5.53. The first kappa shape index (κ1) is 22.1. The van der Waals surface area contributed by atoms with E-state index in [4.69, 9.17) is 0 Å². The van der Waals surface area contributed by atoms with Crippen LogP contribution in [-0.2, 0) is 22.6 Å². The Bertz CT molecular complexity index is 1110. The Hall–Kier alpha value is -3.06. The third kappa shape index (κ3) is 5.22. The lowest BCUT2D eigenvalue weighted by atomic mass is 10.1. The molecule has 7 heteroatoms. The van der Waals surface area contributed by atoms with Crippen LogP contribution in [0.5, 0.6) is 0 Å². The van der Waals surface area contributed by atoms with Crippen molar-refractivity contribution in [2.45, 2.75) is 44.9 Å². The summed E-state index contributed by atoms with van der Waals surface area (Å²) in [5.41, 5.74) is 4.81. The van der Waals surface area contributed by atoms with Crippen molar-refractivity contribution in [3.63, 3.8) is 0 Å². The highest BCUT2D eigenvalue weighted by atomic mass is 32.2. The number of thioether (sulfide) groups is 1. The fourth-order valence-electron chi connectivity index (χ4n) is 3.78. The van der Waals surface area contributed by atoms with Crippen LogP contribution in [0.1, 0.15) is 31.0 Å². The van der Waals surface area contributed by atoms with Gasteiger partial charge in [-0.1, -0.05) is 29.8 Å². The molecule has 2 heterocycles. The largest absolute Gasteiger partial charge is 0.328 e.